The number of nitrogens with one attached hydrogen (secondary N) is 2. The van der Waals surface area contributed by atoms with Crippen molar-refractivity contribution >= 4 is 6.03 Å². The number of hydrogen-bond acceptors (Lipinski definition) is 4. The van der Waals surface area contributed by atoms with Gasteiger partial charge in [0.15, 0.2) is 0 Å². The van der Waals surface area contributed by atoms with Crippen molar-refractivity contribution in [3.8, 4) is 0 Å². The molecule has 1 saturated heterocycles. The van der Waals surface area contributed by atoms with E-state index in [1.54, 1.807) is 16.9 Å². The van der Waals surface area contributed by atoms with Crippen LogP contribution >= 0.6 is 0 Å². The zero-order valence-corrected chi connectivity index (χ0v) is 13.2. The summed E-state index contributed by atoms with van der Waals surface area (Å²) in [5.41, 5.74) is -0.0572. The van der Waals surface area contributed by atoms with Crippen molar-refractivity contribution in [1.29, 1.82) is 0 Å². The van der Waals surface area contributed by atoms with E-state index in [1.165, 1.54) is 6.07 Å². The summed E-state index contributed by atoms with van der Waals surface area (Å²) in [7, 11) is 0. The molecule has 2 amide bonds. The molecule has 0 bridgehead atoms. The molecular formula is C16H24N4O3. The third kappa shape index (κ3) is 4.31. The SMILES string of the molecule is O=C(NCC1CCCO1)NC1CCC(n2ncccc2=O)CC1. The maximum Gasteiger partial charge on any atom is 0.315 e. The van der Waals surface area contributed by atoms with Gasteiger partial charge in [-0.1, -0.05) is 0 Å². The van der Waals surface area contributed by atoms with Crippen molar-refractivity contribution in [3.05, 3.63) is 28.7 Å². The van der Waals surface area contributed by atoms with E-state index in [0.717, 1.165) is 45.1 Å². The molecule has 2 N–H and O–H groups in total. The Morgan fingerprint density at radius 2 is 2.13 bits per heavy atom. The van der Waals surface area contributed by atoms with Crippen molar-refractivity contribution < 1.29 is 9.53 Å². The number of urea groups is 1. The van der Waals surface area contributed by atoms with Crippen LogP contribution in [0.15, 0.2) is 23.1 Å². The molecule has 2 aliphatic rings. The van der Waals surface area contributed by atoms with Crippen LogP contribution in [0.2, 0.25) is 0 Å². The zero-order valence-electron chi connectivity index (χ0n) is 13.2. The third-order valence-corrected chi connectivity index (χ3v) is 4.63. The van der Waals surface area contributed by atoms with Crippen molar-refractivity contribution in [2.75, 3.05) is 13.2 Å². The molecule has 126 valence electrons. The van der Waals surface area contributed by atoms with E-state index in [-0.39, 0.29) is 29.8 Å². The normalized spacial score (nSPS) is 27.6. The molecule has 1 saturated carbocycles. The number of rotatable bonds is 4. The molecule has 1 aromatic rings. The van der Waals surface area contributed by atoms with E-state index in [4.69, 9.17) is 4.74 Å². The van der Waals surface area contributed by atoms with Gasteiger partial charge in [0.2, 0.25) is 0 Å². The fourth-order valence-electron chi connectivity index (χ4n) is 3.36. The smallest absolute Gasteiger partial charge is 0.315 e. The molecule has 1 aliphatic carbocycles. The first-order valence-corrected chi connectivity index (χ1v) is 8.42. The molecule has 1 aromatic heterocycles. The minimum Gasteiger partial charge on any atom is -0.376 e. The van der Waals surface area contributed by atoms with Gasteiger partial charge in [-0.2, -0.15) is 5.10 Å². The Labute approximate surface area is 135 Å². The number of ether oxygens (including phenoxy) is 1. The maximum atomic E-state index is 11.9. The summed E-state index contributed by atoms with van der Waals surface area (Å²) in [6, 6.07) is 3.37. The zero-order chi connectivity index (χ0) is 16.1. The van der Waals surface area contributed by atoms with Gasteiger partial charge in [0.05, 0.1) is 12.1 Å². The molecule has 0 aromatic carbocycles. The predicted octanol–water partition coefficient (Wildman–Crippen LogP) is 1.21. The molecule has 7 nitrogen and oxygen atoms in total. The lowest BCUT2D eigenvalue weighted by molar-refractivity contribution is 0.111. The summed E-state index contributed by atoms with van der Waals surface area (Å²) >= 11 is 0. The van der Waals surface area contributed by atoms with Crippen molar-refractivity contribution in [3.63, 3.8) is 0 Å². The van der Waals surface area contributed by atoms with Crippen LogP contribution in [0, 0.1) is 0 Å². The highest BCUT2D eigenvalue weighted by Gasteiger charge is 2.25. The number of hydrogen-bond donors (Lipinski definition) is 2. The highest BCUT2D eigenvalue weighted by molar-refractivity contribution is 5.74. The van der Waals surface area contributed by atoms with Gasteiger partial charge >= 0.3 is 6.03 Å². The summed E-state index contributed by atoms with van der Waals surface area (Å²) in [6.45, 7) is 1.37. The Hall–Kier alpha value is -1.89. The van der Waals surface area contributed by atoms with Gasteiger partial charge < -0.3 is 15.4 Å². The minimum absolute atomic E-state index is 0.0572. The monoisotopic (exact) mass is 320 g/mol. The van der Waals surface area contributed by atoms with Crippen LogP contribution in [0.25, 0.3) is 0 Å². The quantitative estimate of drug-likeness (QED) is 0.873. The van der Waals surface area contributed by atoms with Crippen molar-refractivity contribution in [1.82, 2.24) is 20.4 Å². The van der Waals surface area contributed by atoms with Crippen LogP contribution in [0.5, 0.6) is 0 Å². The third-order valence-electron chi connectivity index (χ3n) is 4.63. The largest absolute Gasteiger partial charge is 0.376 e. The number of carbonyl (C=O) groups is 1. The van der Waals surface area contributed by atoms with Crippen LogP contribution < -0.4 is 16.2 Å². The van der Waals surface area contributed by atoms with Crippen LogP contribution in [0.3, 0.4) is 0 Å². The summed E-state index contributed by atoms with van der Waals surface area (Å²) in [5.74, 6) is 0. The number of carbonyl (C=O) groups excluding carboxylic acids is 1. The predicted molar refractivity (Wildman–Crippen MR) is 85.3 cm³/mol. The molecule has 0 spiro atoms. The number of aromatic nitrogens is 2. The van der Waals surface area contributed by atoms with E-state index in [2.05, 4.69) is 15.7 Å². The van der Waals surface area contributed by atoms with E-state index in [0.29, 0.717) is 6.54 Å². The second-order valence-corrected chi connectivity index (χ2v) is 6.30. The van der Waals surface area contributed by atoms with Gasteiger partial charge in [-0.25, -0.2) is 9.48 Å². The molecule has 0 radical (unpaired) electrons. The lowest BCUT2D eigenvalue weighted by Crippen LogP contribution is -2.46. The molecule has 1 aliphatic heterocycles. The van der Waals surface area contributed by atoms with Crippen molar-refractivity contribution in [2.45, 2.75) is 56.7 Å². The second kappa shape index (κ2) is 7.59. The van der Waals surface area contributed by atoms with Crippen LogP contribution in [0.4, 0.5) is 4.79 Å². The van der Waals surface area contributed by atoms with Crippen LogP contribution in [-0.4, -0.2) is 41.1 Å². The number of amides is 2. The minimum atomic E-state index is -0.126. The lowest BCUT2D eigenvalue weighted by Gasteiger charge is -2.29. The first-order chi connectivity index (χ1) is 11.2. The van der Waals surface area contributed by atoms with Crippen LogP contribution in [0.1, 0.15) is 44.6 Å². The van der Waals surface area contributed by atoms with E-state index in [9.17, 15) is 9.59 Å². The van der Waals surface area contributed by atoms with Gasteiger partial charge in [0.25, 0.3) is 5.56 Å². The lowest BCUT2D eigenvalue weighted by atomic mass is 9.91. The molecular weight excluding hydrogens is 296 g/mol. The molecule has 1 unspecified atom stereocenters. The summed E-state index contributed by atoms with van der Waals surface area (Å²) in [5, 5.41) is 10.0. The van der Waals surface area contributed by atoms with Crippen LogP contribution in [-0.2, 0) is 4.74 Å². The first kappa shape index (κ1) is 16.0. The second-order valence-electron chi connectivity index (χ2n) is 6.30. The van der Waals surface area contributed by atoms with Gasteiger partial charge in [0, 0.05) is 31.5 Å². The highest BCUT2D eigenvalue weighted by Crippen LogP contribution is 2.26. The van der Waals surface area contributed by atoms with Crippen molar-refractivity contribution in [2.24, 2.45) is 0 Å². The van der Waals surface area contributed by atoms with Gasteiger partial charge in [-0.3, -0.25) is 4.79 Å². The van der Waals surface area contributed by atoms with E-state index >= 15 is 0 Å². The molecule has 2 heterocycles. The molecule has 23 heavy (non-hydrogen) atoms. The average molecular weight is 320 g/mol. The van der Waals surface area contributed by atoms with Gasteiger partial charge in [-0.15, -0.1) is 0 Å². The summed E-state index contributed by atoms with van der Waals surface area (Å²) < 4.78 is 7.05. The maximum absolute atomic E-state index is 11.9. The average Bonchev–Trinajstić information content (AvgIpc) is 3.08. The molecule has 7 heteroatoms. The number of nitrogens with zero attached hydrogens (tertiary/aromatic N) is 2. The van der Waals surface area contributed by atoms with Gasteiger partial charge in [0.1, 0.15) is 0 Å². The fourth-order valence-corrected chi connectivity index (χ4v) is 3.36. The Bertz CT molecular complexity index is 575. The Balaban J connectivity index is 1.41. The molecule has 1 atom stereocenters. The highest BCUT2D eigenvalue weighted by atomic mass is 16.5. The Morgan fingerprint density at radius 1 is 1.30 bits per heavy atom. The summed E-state index contributed by atoms with van der Waals surface area (Å²) in [6.07, 6.45) is 7.33. The van der Waals surface area contributed by atoms with E-state index < -0.39 is 0 Å². The Morgan fingerprint density at radius 3 is 2.83 bits per heavy atom. The first-order valence-electron chi connectivity index (χ1n) is 8.42. The van der Waals surface area contributed by atoms with E-state index in [1.807, 2.05) is 0 Å². The standard InChI is InChI=1S/C16H24N4O3/c21-15-4-1-9-18-20(15)13-7-5-12(6-8-13)19-16(22)17-11-14-3-2-10-23-14/h1,4,9,12-14H,2-3,5-8,10-11H2,(H2,17,19,22). The molecule has 3 rings (SSSR count). The fraction of sp³-hybridized carbons (Fsp3) is 0.688. The Kier molecular flexibility index (Phi) is 5.27. The summed E-state index contributed by atoms with van der Waals surface area (Å²) in [4.78, 5) is 23.7. The topological polar surface area (TPSA) is 85.2 Å². The molecule has 2 fully saturated rings. The van der Waals surface area contributed by atoms with Gasteiger partial charge in [-0.05, 0) is 44.6 Å².